The zero-order chi connectivity index (χ0) is 11.1. The molecule has 0 spiro atoms. The summed E-state index contributed by atoms with van der Waals surface area (Å²) in [5, 5.41) is 1.15. The van der Waals surface area contributed by atoms with E-state index < -0.39 is 0 Å². The van der Waals surface area contributed by atoms with Gasteiger partial charge in [0.15, 0.2) is 0 Å². The molecule has 0 unspecified atom stereocenters. The Morgan fingerprint density at radius 3 is 2.88 bits per heavy atom. The number of halogens is 1. The molecule has 0 saturated carbocycles. The van der Waals surface area contributed by atoms with Crippen molar-refractivity contribution in [1.82, 2.24) is 9.47 Å². The number of rotatable bonds is 0. The van der Waals surface area contributed by atoms with Gasteiger partial charge in [0.05, 0.1) is 5.52 Å². The molecule has 0 bridgehead atoms. The number of aromatic nitrogens is 1. The van der Waals surface area contributed by atoms with Gasteiger partial charge in [0.25, 0.3) is 0 Å². The molecule has 2 nitrogen and oxygen atoms in total. The third-order valence-corrected chi connectivity index (χ3v) is 3.41. The first kappa shape index (κ1) is 9.85. The molecule has 2 aromatic rings. The Bertz CT molecular complexity index is 530. The Morgan fingerprint density at radius 1 is 1.12 bits per heavy atom. The second-order valence-corrected chi connectivity index (χ2v) is 4.54. The maximum absolute atomic E-state index is 13.2. The number of nitrogens with zero attached hydrogens (tertiary/aromatic N) is 2. The minimum atomic E-state index is -0.147. The summed E-state index contributed by atoms with van der Waals surface area (Å²) in [4.78, 5) is 2.32. The fourth-order valence-corrected chi connectivity index (χ4v) is 2.44. The van der Waals surface area contributed by atoms with Gasteiger partial charge in [-0.2, -0.15) is 0 Å². The normalized spacial score (nSPS) is 17.4. The van der Waals surface area contributed by atoms with Gasteiger partial charge < -0.3 is 9.47 Å². The largest absolute Gasteiger partial charge is 0.343 e. The molecule has 0 radical (unpaired) electrons. The molecule has 0 aliphatic carbocycles. The summed E-state index contributed by atoms with van der Waals surface area (Å²) in [5.41, 5.74) is 2.36. The maximum atomic E-state index is 13.2. The average molecular weight is 218 g/mol. The molecule has 0 amide bonds. The monoisotopic (exact) mass is 218 g/mol. The summed E-state index contributed by atoms with van der Waals surface area (Å²) in [6.07, 6.45) is 1.05. The highest BCUT2D eigenvalue weighted by molar-refractivity contribution is 5.81. The lowest BCUT2D eigenvalue weighted by molar-refractivity contribution is 0.343. The van der Waals surface area contributed by atoms with Gasteiger partial charge in [0.2, 0.25) is 0 Å². The number of likely N-dealkylation sites (N-methyl/N-ethyl adjacent to an activating group) is 1. The van der Waals surface area contributed by atoms with Crippen LogP contribution in [0.15, 0.2) is 24.3 Å². The van der Waals surface area contributed by atoms with Crippen LogP contribution in [-0.2, 0) is 13.0 Å². The summed E-state index contributed by atoms with van der Waals surface area (Å²) in [6, 6.07) is 7.24. The lowest BCUT2D eigenvalue weighted by Gasteiger charge is -2.11. The SMILES string of the molecule is CN1CCc2cc3ccc(F)cc3n2CC1. The average Bonchev–Trinajstić information content (AvgIpc) is 2.50. The summed E-state index contributed by atoms with van der Waals surface area (Å²) in [7, 11) is 2.13. The maximum Gasteiger partial charge on any atom is 0.125 e. The van der Waals surface area contributed by atoms with Crippen molar-refractivity contribution < 1.29 is 4.39 Å². The fraction of sp³-hybridized carbons (Fsp3) is 0.385. The Hall–Kier alpha value is -1.35. The highest BCUT2D eigenvalue weighted by atomic mass is 19.1. The zero-order valence-corrected chi connectivity index (χ0v) is 9.41. The van der Waals surface area contributed by atoms with E-state index in [-0.39, 0.29) is 5.82 Å². The van der Waals surface area contributed by atoms with E-state index in [4.69, 9.17) is 0 Å². The van der Waals surface area contributed by atoms with E-state index in [2.05, 4.69) is 22.6 Å². The van der Waals surface area contributed by atoms with Crippen LogP contribution < -0.4 is 0 Å². The molecule has 1 aliphatic heterocycles. The van der Waals surface area contributed by atoms with Crippen molar-refractivity contribution in [3.8, 4) is 0 Å². The van der Waals surface area contributed by atoms with E-state index in [1.807, 2.05) is 6.07 Å². The number of hydrogen-bond donors (Lipinski definition) is 0. The smallest absolute Gasteiger partial charge is 0.125 e. The topological polar surface area (TPSA) is 8.17 Å². The van der Waals surface area contributed by atoms with Crippen molar-refractivity contribution in [3.63, 3.8) is 0 Å². The van der Waals surface area contributed by atoms with Gasteiger partial charge in [0.1, 0.15) is 5.82 Å². The van der Waals surface area contributed by atoms with Gasteiger partial charge in [-0.25, -0.2) is 4.39 Å². The first-order valence-corrected chi connectivity index (χ1v) is 5.70. The number of hydrogen-bond acceptors (Lipinski definition) is 1. The predicted octanol–water partition coefficient (Wildman–Crippen LogP) is 2.27. The quantitative estimate of drug-likeness (QED) is 0.658. The molecule has 3 rings (SSSR count). The summed E-state index contributed by atoms with van der Waals surface area (Å²) in [5.74, 6) is -0.147. The first-order valence-electron chi connectivity index (χ1n) is 5.70. The van der Waals surface area contributed by atoms with Gasteiger partial charge in [-0.15, -0.1) is 0 Å². The Balaban J connectivity index is 2.16. The second-order valence-electron chi connectivity index (χ2n) is 4.54. The van der Waals surface area contributed by atoms with Crippen LogP contribution in [0.5, 0.6) is 0 Å². The van der Waals surface area contributed by atoms with Crippen LogP contribution in [-0.4, -0.2) is 29.6 Å². The molecule has 0 atom stereocenters. The number of benzene rings is 1. The van der Waals surface area contributed by atoms with Crippen LogP contribution in [0.2, 0.25) is 0 Å². The van der Waals surface area contributed by atoms with Gasteiger partial charge in [0, 0.05) is 37.1 Å². The van der Waals surface area contributed by atoms with Crippen molar-refractivity contribution >= 4 is 10.9 Å². The van der Waals surface area contributed by atoms with Gasteiger partial charge in [-0.3, -0.25) is 0 Å². The fourth-order valence-electron chi connectivity index (χ4n) is 2.44. The molecule has 1 aliphatic rings. The summed E-state index contributed by atoms with van der Waals surface area (Å²) < 4.78 is 15.5. The highest BCUT2D eigenvalue weighted by Gasteiger charge is 2.14. The van der Waals surface area contributed by atoms with Gasteiger partial charge in [-0.05, 0) is 31.3 Å². The van der Waals surface area contributed by atoms with E-state index in [1.165, 1.54) is 11.8 Å². The van der Waals surface area contributed by atoms with E-state index in [1.54, 1.807) is 6.07 Å². The molecule has 1 aromatic carbocycles. The van der Waals surface area contributed by atoms with Crippen molar-refractivity contribution in [2.24, 2.45) is 0 Å². The third kappa shape index (κ3) is 1.52. The second kappa shape index (κ2) is 3.59. The van der Waals surface area contributed by atoms with Gasteiger partial charge >= 0.3 is 0 Å². The minimum absolute atomic E-state index is 0.147. The van der Waals surface area contributed by atoms with E-state index in [0.29, 0.717) is 0 Å². The van der Waals surface area contributed by atoms with Crippen LogP contribution >= 0.6 is 0 Å². The van der Waals surface area contributed by atoms with Crippen molar-refractivity contribution in [2.45, 2.75) is 13.0 Å². The Kier molecular flexibility index (Phi) is 2.21. The summed E-state index contributed by atoms with van der Waals surface area (Å²) in [6.45, 7) is 3.07. The highest BCUT2D eigenvalue weighted by Crippen LogP contribution is 2.23. The first-order chi connectivity index (χ1) is 7.74. The summed E-state index contributed by atoms with van der Waals surface area (Å²) >= 11 is 0. The molecule has 16 heavy (non-hydrogen) atoms. The van der Waals surface area contributed by atoms with Crippen LogP contribution in [0.25, 0.3) is 10.9 Å². The minimum Gasteiger partial charge on any atom is -0.343 e. The molecular weight excluding hydrogens is 203 g/mol. The lowest BCUT2D eigenvalue weighted by Crippen LogP contribution is -2.21. The Morgan fingerprint density at radius 2 is 2.00 bits per heavy atom. The van der Waals surface area contributed by atoms with Crippen LogP contribution in [0, 0.1) is 5.82 Å². The molecule has 0 N–H and O–H groups in total. The van der Waals surface area contributed by atoms with Crippen LogP contribution in [0.4, 0.5) is 4.39 Å². The molecule has 3 heteroatoms. The van der Waals surface area contributed by atoms with E-state index in [0.717, 1.165) is 37.0 Å². The Labute approximate surface area is 94.3 Å². The van der Waals surface area contributed by atoms with Crippen LogP contribution in [0.3, 0.4) is 0 Å². The molecule has 1 aromatic heterocycles. The van der Waals surface area contributed by atoms with Crippen molar-refractivity contribution in [2.75, 3.05) is 20.1 Å². The third-order valence-electron chi connectivity index (χ3n) is 3.41. The predicted molar refractivity (Wildman–Crippen MR) is 63.1 cm³/mol. The standard InChI is InChI=1S/C13H15FN2/c1-15-5-4-12-8-10-2-3-11(14)9-13(10)16(12)7-6-15/h2-3,8-9H,4-7H2,1H3. The van der Waals surface area contributed by atoms with E-state index in [9.17, 15) is 4.39 Å². The molecular formula is C13H15FN2. The van der Waals surface area contributed by atoms with E-state index >= 15 is 0 Å². The zero-order valence-electron chi connectivity index (χ0n) is 9.41. The van der Waals surface area contributed by atoms with Crippen molar-refractivity contribution in [1.29, 1.82) is 0 Å². The molecule has 2 heterocycles. The van der Waals surface area contributed by atoms with Gasteiger partial charge in [-0.1, -0.05) is 0 Å². The molecule has 0 saturated heterocycles. The lowest BCUT2D eigenvalue weighted by atomic mass is 10.2. The molecule has 0 fully saturated rings. The number of fused-ring (bicyclic) bond motifs is 3. The van der Waals surface area contributed by atoms with Crippen LogP contribution in [0.1, 0.15) is 5.69 Å². The molecule has 84 valence electrons. The van der Waals surface area contributed by atoms with Crippen molar-refractivity contribution in [3.05, 3.63) is 35.8 Å².